The van der Waals surface area contributed by atoms with E-state index in [1.807, 2.05) is 32.9 Å². The molecule has 172 valence electrons. The predicted molar refractivity (Wildman–Crippen MR) is 124 cm³/mol. The van der Waals surface area contributed by atoms with Crippen molar-refractivity contribution in [2.45, 2.75) is 104 Å². The highest BCUT2D eigenvalue weighted by Gasteiger charge is 2.28. The van der Waals surface area contributed by atoms with Crippen molar-refractivity contribution in [3.8, 4) is 5.75 Å². The fourth-order valence-corrected chi connectivity index (χ4v) is 3.41. The summed E-state index contributed by atoms with van der Waals surface area (Å²) < 4.78 is 10.9. The van der Waals surface area contributed by atoms with Crippen LogP contribution >= 0.6 is 0 Å². The highest BCUT2D eigenvalue weighted by atomic mass is 16.5. The molecule has 0 heterocycles. The second-order valence-electron chi connectivity index (χ2n) is 10.0. The summed E-state index contributed by atoms with van der Waals surface area (Å²) in [6, 6.07) is 8.15. The van der Waals surface area contributed by atoms with Gasteiger partial charge in [-0.15, -0.1) is 0 Å². The summed E-state index contributed by atoms with van der Waals surface area (Å²) in [6.45, 7) is 13.1. The second-order valence-corrected chi connectivity index (χ2v) is 10.0. The van der Waals surface area contributed by atoms with Crippen LogP contribution in [0, 0.1) is 5.41 Å². The molecule has 0 aliphatic carbocycles. The van der Waals surface area contributed by atoms with Crippen LogP contribution in [0.1, 0.15) is 98.5 Å². The highest BCUT2D eigenvalue weighted by Crippen LogP contribution is 2.26. The molecule has 1 rings (SSSR count). The molecule has 0 fully saturated rings. The van der Waals surface area contributed by atoms with Gasteiger partial charge in [-0.05, 0) is 56.7 Å². The van der Waals surface area contributed by atoms with Gasteiger partial charge in [0.25, 0.3) is 0 Å². The minimum atomic E-state index is -0.419. The summed E-state index contributed by atoms with van der Waals surface area (Å²) in [5, 5.41) is 10.2. The normalized spacial score (nSPS) is 13.2. The lowest BCUT2D eigenvalue weighted by Crippen LogP contribution is -2.26. The summed E-state index contributed by atoms with van der Waals surface area (Å²) in [6.07, 6.45) is 7.90. The Balaban J connectivity index is 2.08. The van der Waals surface area contributed by atoms with Crippen molar-refractivity contribution in [3.05, 3.63) is 29.8 Å². The number of hydrogen-bond donors (Lipinski definition) is 1. The molecule has 4 heteroatoms. The van der Waals surface area contributed by atoms with Crippen molar-refractivity contribution in [1.29, 1.82) is 0 Å². The van der Waals surface area contributed by atoms with Gasteiger partial charge >= 0.3 is 5.97 Å². The van der Waals surface area contributed by atoms with Gasteiger partial charge in [0.2, 0.25) is 0 Å². The number of rotatable bonds is 14. The van der Waals surface area contributed by atoms with Crippen LogP contribution in [0.15, 0.2) is 24.3 Å². The Morgan fingerprint density at radius 3 is 2.07 bits per heavy atom. The average Bonchev–Trinajstić information content (AvgIpc) is 2.68. The molecule has 0 aliphatic rings. The smallest absolute Gasteiger partial charge is 0.311 e. The Hall–Kier alpha value is -1.55. The fraction of sp³-hybridized carbons (Fsp3) is 0.731. The number of hydrogen-bond acceptors (Lipinski definition) is 4. The molecular formula is C26H44O4. The third-order valence-corrected chi connectivity index (χ3v) is 5.58. The highest BCUT2D eigenvalue weighted by molar-refractivity contribution is 5.75. The van der Waals surface area contributed by atoms with Gasteiger partial charge in [0.1, 0.15) is 12.4 Å². The molecule has 0 bridgehead atoms. The number of unbranched alkanes of at least 4 members (excludes halogenated alkanes) is 5. The molecule has 30 heavy (non-hydrogen) atoms. The van der Waals surface area contributed by atoms with E-state index in [1.165, 1.54) is 18.4 Å². The van der Waals surface area contributed by atoms with E-state index in [1.54, 1.807) is 0 Å². The molecule has 0 spiro atoms. The van der Waals surface area contributed by atoms with Crippen LogP contribution in [-0.2, 0) is 14.9 Å². The number of ether oxygens (including phenoxy) is 2. The molecule has 0 radical (unpaired) electrons. The summed E-state index contributed by atoms with van der Waals surface area (Å²) >= 11 is 0. The van der Waals surface area contributed by atoms with Gasteiger partial charge < -0.3 is 14.6 Å². The zero-order valence-corrected chi connectivity index (χ0v) is 20.1. The van der Waals surface area contributed by atoms with Crippen molar-refractivity contribution in [2.24, 2.45) is 5.41 Å². The number of carbonyl (C=O) groups is 1. The summed E-state index contributed by atoms with van der Waals surface area (Å²) in [5.74, 6) is 0.721. The third kappa shape index (κ3) is 10.5. The maximum absolute atomic E-state index is 11.9. The molecule has 1 atom stereocenters. The van der Waals surface area contributed by atoms with Gasteiger partial charge in [0, 0.05) is 0 Å². The Bertz CT molecular complexity index is 598. The number of aliphatic hydroxyl groups is 1. The van der Waals surface area contributed by atoms with Crippen LogP contribution in [0.4, 0.5) is 0 Å². The van der Waals surface area contributed by atoms with Crippen LogP contribution in [0.3, 0.4) is 0 Å². The number of benzene rings is 1. The lowest BCUT2D eigenvalue weighted by molar-refractivity contribution is -0.153. The molecule has 1 N–H and O–H groups in total. The quantitative estimate of drug-likeness (QED) is 0.278. The Labute approximate surface area is 184 Å². The largest absolute Gasteiger partial charge is 0.491 e. The van der Waals surface area contributed by atoms with E-state index in [4.69, 9.17) is 9.47 Å². The van der Waals surface area contributed by atoms with Crippen molar-refractivity contribution in [3.63, 3.8) is 0 Å². The van der Waals surface area contributed by atoms with Crippen molar-refractivity contribution in [1.82, 2.24) is 0 Å². The van der Waals surface area contributed by atoms with Gasteiger partial charge in [0.15, 0.2) is 0 Å². The molecule has 0 amide bonds. The van der Waals surface area contributed by atoms with E-state index in [9.17, 15) is 9.90 Å². The third-order valence-electron chi connectivity index (χ3n) is 5.58. The van der Waals surface area contributed by atoms with Gasteiger partial charge in [0.05, 0.1) is 18.1 Å². The Morgan fingerprint density at radius 2 is 1.50 bits per heavy atom. The first-order valence-electron chi connectivity index (χ1n) is 11.6. The standard InChI is InChI=1S/C26H44O4/c1-7-29-24(28)26(5,6)19-13-11-9-8-10-12-14-22(27)20-30-23-17-15-21(16-18-23)25(2,3)4/h15-18,22,27H,7-14,19-20H2,1-6H3. The van der Waals surface area contributed by atoms with E-state index in [0.29, 0.717) is 13.2 Å². The van der Waals surface area contributed by atoms with Crippen LogP contribution in [0.25, 0.3) is 0 Å². The van der Waals surface area contributed by atoms with Crippen molar-refractivity contribution in [2.75, 3.05) is 13.2 Å². The molecule has 0 saturated carbocycles. The number of aliphatic hydroxyl groups excluding tert-OH is 1. The van der Waals surface area contributed by atoms with E-state index >= 15 is 0 Å². The lowest BCUT2D eigenvalue weighted by atomic mass is 9.87. The monoisotopic (exact) mass is 420 g/mol. The van der Waals surface area contributed by atoms with E-state index in [0.717, 1.165) is 44.3 Å². The van der Waals surface area contributed by atoms with Crippen LogP contribution in [-0.4, -0.2) is 30.4 Å². The molecule has 1 unspecified atom stereocenters. The first-order valence-corrected chi connectivity index (χ1v) is 11.6. The van der Waals surface area contributed by atoms with Gasteiger partial charge in [-0.3, -0.25) is 4.79 Å². The number of carbonyl (C=O) groups excluding carboxylic acids is 1. The first kappa shape index (κ1) is 26.5. The lowest BCUT2D eigenvalue weighted by Gasteiger charge is -2.21. The molecule has 1 aromatic rings. The average molecular weight is 421 g/mol. The molecule has 1 aromatic carbocycles. The SMILES string of the molecule is CCOC(=O)C(C)(C)CCCCCCCCC(O)COc1ccc(C(C)(C)C)cc1. The minimum Gasteiger partial charge on any atom is -0.491 e. The van der Waals surface area contributed by atoms with Gasteiger partial charge in [-0.1, -0.05) is 71.4 Å². The van der Waals surface area contributed by atoms with E-state index < -0.39 is 6.10 Å². The molecule has 4 nitrogen and oxygen atoms in total. The Kier molecular flexibility index (Phi) is 11.5. The van der Waals surface area contributed by atoms with Crippen molar-refractivity contribution >= 4 is 5.97 Å². The molecule has 0 aliphatic heterocycles. The van der Waals surface area contributed by atoms with Crippen LogP contribution in [0.2, 0.25) is 0 Å². The topological polar surface area (TPSA) is 55.8 Å². The maximum atomic E-state index is 11.9. The summed E-state index contributed by atoms with van der Waals surface area (Å²) in [5.41, 5.74) is 1.03. The van der Waals surface area contributed by atoms with E-state index in [-0.39, 0.29) is 16.8 Å². The fourth-order valence-electron chi connectivity index (χ4n) is 3.41. The minimum absolute atomic E-state index is 0.0913. The summed E-state index contributed by atoms with van der Waals surface area (Å²) in [4.78, 5) is 11.9. The Morgan fingerprint density at radius 1 is 0.933 bits per heavy atom. The van der Waals surface area contributed by atoms with Crippen molar-refractivity contribution < 1.29 is 19.4 Å². The van der Waals surface area contributed by atoms with E-state index in [2.05, 4.69) is 32.9 Å². The number of esters is 1. The maximum Gasteiger partial charge on any atom is 0.311 e. The molecule has 0 aromatic heterocycles. The zero-order valence-electron chi connectivity index (χ0n) is 20.1. The molecule has 0 saturated heterocycles. The zero-order chi connectivity index (χ0) is 22.6. The van der Waals surface area contributed by atoms with Gasteiger partial charge in [-0.25, -0.2) is 0 Å². The predicted octanol–water partition coefficient (Wildman–Crippen LogP) is 6.43. The van der Waals surface area contributed by atoms with Crippen LogP contribution in [0.5, 0.6) is 5.75 Å². The molecular weight excluding hydrogens is 376 g/mol. The second kappa shape index (κ2) is 13.0. The van der Waals surface area contributed by atoms with Gasteiger partial charge in [-0.2, -0.15) is 0 Å². The first-order chi connectivity index (χ1) is 14.1. The summed E-state index contributed by atoms with van der Waals surface area (Å²) in [7, 11) is 0. The van der Waals surface area contributed by atoms with Crippen LogP contribution < -0.4 is 4.74 Å².